The molecule has 1 aliphatic carbocycles. The Balaban J connectivity index is 1.14. The number of hydrogen-bond acceptors (Lipinski definition) is 7. The molecule has 0 spiro atoms. The molecule has 0 unspecified atom stereocenters. The van der Waals surface area contributed by atoms with Crippen LogP contribution in [0.2, 0.25) is 0 Å². The predicted octanol–water partition coefficient (Wildman–Crippen LogP) is 1.32. The summed E-state index contributed by atoms with van der Waals surface area (Å²) in [6, 6.07) is 4.03. The number of nitrogens with zero attached hydrogens (tertiary/aromatic N) is 7. The minimum atomic E-state index is 0.119. The summed E-state index contributed by atoms with van der Waals surface area (Å²) in [6.45, 7) is 4.82. The standard InChI is InChI=1S/C21H27N7O/c29-20(27-11-13-28(14-12-27)21-22-7-2-8-23-21)16-5-9-26(10-6-16)19-15-17-3-1-4-18(17)24-25-19/h2,7-8,15-16H,1,3-6,9-14H2. The van der Waals surface area contributed by atoms with E-state index in [4.69, 9.17) is 0 Å². The van der Waals surface area contributed by atoms with E-state index in [1.165, 1.54) is 17.7 Å². The van der Waals surface area contributed by atoms with Gasteiger partial charge < -0.3 is 14.7 Å². The third-order valence-corrected chi connectivity index (χ3v) is 6.40. The van der Waals surface area contributed by atoms with E-state index in [0.29, 0.717) is 5.91 Å². The molecule has 152 valence electrons. The van der Waals surface area contributed by atoms with Gasteiger partial charge >= 0.3 is 0 Å². The Morgan fingerprint density at radius 2 is 1.66 bits per heavy atom. The van der Waals surface area contributed by atoms with Gasteiger partial charge in [-0.3, -0.25) is 4.79 Å². The van der Waals surface area contributed by atoms with E-state index in [-0.39, 0.29) is 5.92 Å². The first-order valence-corrected chi connectivity index (χ1v) is 10.7. The number of amides is 1. The van der Waals surface area contributed by atoms with Gasteiger partial charge in [-0.25, -0.2) is 9.97 Å². The van der Waals surface area contributed by atoms with Gasteiger partial charge in [-0.1, -0.05) is 0 Å². The molecule has 8 heteroatoms. The lowest BCUT2D eigenvalue weighted by atomic mass is 9.95. The van der Waals surface area contributed by atoms with Crippen LogP contribution in [0.5, 0.6) is 0 Å². The van der Waals surface area contributed by atoms with Crippen molar-refractivity contribution in [3.05, 3.63) is 35.8 Å². The summed E-state index contributed by atoms with van der Waals surface area (Å²) in [6.07, 6.45) is 8.67. The molecule has 0 saturated carbocycles. The number of fused-ring (bicyclic) bond motifs is 1. The molecular weight excluding hydrogens is 366 g/mol. The lowest BCUT2D eigenvalue weighted by Gasteiger charge is -2.38. The van der Waals surface area contributed by atoms with E-state index in [9.17, 15) is 4.79 Å². The van der Waals surface area contributed by atoms with Crippen LogP contribution in [0, 0.1) is 5.92 Å². The highest BCUT2D eigenvalue weighted by Gasteiger charge is 2.31. The monoisotopic (exact) mass is 393 g/mol. The number of rotatable bonds is 3. The van der Waals surface area contributed by atoms with Crippen molar-refractivity contribution >= 4 is 17.7 Å². The molecular formula is C21H27N7O. The van der Waals surface area contributed by atoms with E-state index < -0.39 is 0 Å². The van der Waals surface area contributed by atoms with E-state index in [1.807, 2.05) is 11.0 Å². The van der Waals surface area contributed by atoms with Crippen LogP contribution in [0.15, 0.2) is 24.5 Å². The minimum Gasteiger partial charge on any atom is -0.355 e. The number of aryl methyl sites for hydroxylation is 2. The summed E-state index contributed by atoms with van der Waals surface area (Å²) >= 11 is 0. The Morgan fingerprint density at radius 3 is 2.41 bits per heavy atom. The molecule has 0 atom stereocenters. The molecule has 2 aromatic rings. The zero-order valence-electron chi connectivity index (χ0n) is 16.7. The number of carbonyl (C=O) groups excluding carboxylic acids is 1. The summed E-state index contributed by atoms with van der Waals surface area (Å²) in [7, 11) is 0. The Hall–Kier alpha value is -2.77. The number of piperidine rings is 1. The second-order valence-corrected chi connectivity index (χ2v) is 8.15. The average molecular weight is 393 g/mol. The zero-order valence-corrected chi connectivity index (χ0v) is 16.7. The van der Waals surface area contributed by atoms with Crippen LogP contribution in [0.1, 0.15) is 30.5 Å². The molecule has 2 aliphatic heterocycles. The summed E-state index contributed by atoms with van der Waals surface area (Å²) in [4.78, 5) is 28.1. The molecule has 0 radical (unpaired) electrons. The summed E-state index contributed by atoms with van der Waals surface area (Å²) in [5.74, 6) is 2.16. The SMILES string of the molecule is O=C(C1CCN(c2cc3c(nn2)CCC3)CC1)N1CCN(c2ncccn2)CC1. The largest absolute Gasteiger partial charge is 0.355 e. The molecule has 8 nitrogen and oxygen atoms in total. The maximum absolute atomic E-state index is 13.0. The third-order valence-electron chi connectivity index (χ3n) is 6.40. The quantitative estimate of drug-likeness (QED) is 0.778. The van der Waals surface area contributed by atoms with Crippen molar-refractivity contribution in [3.63, 3.8) is 0 Å². The van der Waals surface area contributed by atoms with E-state index in [1.54, 1.807) is 12.4 Å². The molecule has 1 amide bonds. The lowest BCUT2D eigenvalue weighted by Crippen LogP contribution is -2.52. The van der Waals surface area contributed by atoms with Gasteiger partial charge in [0, 0.05) is 57.6 Å². The Bertz CT molecular complexity index is 859. The first kappa shape index (κ1) is 18.3. The van der Waals surface area contributed by atoms with Gasteiger partial charge in [0.2, 0.25) is 11.9 Å². The van der Waals surface area contributed by atoms with Gasteiger partial charge in [0.25, 0.3) is 0 Å². The topological polar surface area (TPSA) is 78.4 Å². The molecule has 5 rings (SSSR count). The van der Waals surface area contributed by atoms with E-state index >= 15 is 0 Å². The number of carbonyl (C=O) groups is 1. The smallest absolute Gasteiger partial charge is 0.225 e. The fraction of sp³-hybridized carbons (Fsp3) is 0.571. The maximum atomic E-state index is 13.0. The van der Waals surface area contributed by atoms with Crippen LogP contribution in [-0.2, 0) is 17.6 Å². The number of aromatic nitrogens is 4. The van der Waals surface area contributed by atoms with Crippen molar-refractivity contribution in [1.82, 2.24) is 25.1 Å². The zero-order chi connectivity index (χ0) is 19.6. The predicted molar refractivity (Wildman–Crippen MR) is 110 cm³/mol. The normalized spacial score (nSPS) is 20.1. The molecule has 2 aromatic heterocycles. The molecule has 3 aliphatic rings. The molecule has 2 fully saturated rings. The van der Waals surface area contributed by atoms with Crippen molar-refractivity contribution in [2.24, 2.45) is 5.92 Å². The van der Waals surface area contributed by atoms with Crippen LogP contribution >= 0.6 is 0 Å². The maximum Gasteiger partial charge on any atom is 0.225 e. The first-order chi connectivity index (χ1) is 14.3. The van der Waals surface area contributed by atoms with Crippen molar-refractivity contribution in [3.8, 4) is 0 Å². The summed E-state index contributed by atoms with van der Waals surface area (Å²) in [5.41, 5.74) is 2.52. The van der Waals surface area contributed by atoms with Crippen LogP contribution < -0.4 is 9.80 Å². The van der Waals surface area contributed by atoms with Crippen LogP contribution in [0.4, 0.5) is 11.8 Å². The minimum absolute atomic E-state index is 0.119. The Labute approximate surface area is 171 Å². The lowest BCUT2D eigenvalue weighted by molar-refractivity contribution is -0.136. The Kier molecular flexibility index (Phi) is 4.99. The first-order valence-electron chi connectivity index (χ1n) is 10.7. The van der Waals surface area contributed by atoms with Crippen molar-refractivity contribution in [2.75, 3.05) is 49.1 Å². The van der Waals surface area contributed by atoms with Gasteiger partial charge in [-0.05, 0) is 49.8 Å². The number of anilines is 2. The second kappa shape index (κ2) is 7.93. The highest BCUT2D eigenvalue weighted by atomic mass is 16.2. The van der Waals surface area contributed by atoms with E-state index in [2.05, 4.69) is 36.0 Å². The van der Waals surface area contributed by atoms with E-state index in [0.717, 1.165) is 76.7 Å². The van der Waals surface area contributed by atoms with Gasteiger partial charge in [-0.15, -0.1) is 5.10 Å². The van der Waals surface area contributed by atoms with Gasteiger partial charge in [0.15, 0.2) is 5.82 Å². The third kappa shape index (κ3) is 3.75. The molecule has 29 heavy (non-hydrogen) atoms. The summed E-state index contributed by atoms with van der Waals surface area (Å²) < 4.78 is 0. The highest BCUT2D eigenvalue weighted by Crippen LogP contribution is 2.27. The number of hydrogen-bond donors (Lipinski definition) is 0. The molecule has 0 aromatic carbocycles. The van der Waals surface area contributed by atoms with Crippen molar-refractivity contribution < 1.29 is 4.79 Å². The second-order valence-electron chi connectivity index (χ2n) is 8.15. The van der Waals surface area contributed by atoms with Crippen molar-refractivity contribution in [1.29, 1.82) is 0 Å². The van der Waals surface area contributed by atoms with Crippen LogP contribution in [-0.4, -0.2) is 70.2 Å². The molecule has 0 bridgehead atoms. The number of piperazine rings is 1. The molecule has 4 heterocycles. The van der Waals surface area contributed by atoms with Crippen molar-refractivity contribution in [2.45, 2.75) is 32.1 Å². The average Bonchev–Trinajstić information content (AvgIpc) is 3.27. The van der Waals surface area contributed by atoms with Gasteiger partial charge in [0.05, 0.1) is 5.69 Å². The van der Waals surface area contributed by atoms with Gasteiger partial charge in [0.1, 0.15) is 0 Å². The fourth-order valence-electron chi connectivity index (χ4n) is 4.67. The van der Waals surface area contributed by atoms with Crippen LogP contribution in [0.25, 0.3) is 0 Å². The molecule has 2 saturated heterocycles. The summed E-state index contributed by atoms with van der Waals surface area (Å²) in [5, 5.41) is 8.85. The Morgan fingerprint density at radius 1 is 0.897 bits per heavy atom. The highest BCUT2D eigenvalue weighted by molar-refractivity contribution is 5.79. The van der Waals surface area contributed by atoms with Crippen LogP contribution in [0.3, 0.4) is 0 Å². The van der Waals surface area contributed by atoms with Gasteiger partial charge in [-0.2, -0.15) is 5.10 Å². The fourth-order valence-corrected chi connectivity index (χ4v) is 4.67. The molecule has 0 N–H and O–H groups in total.